The number of benzene rings is 2. The molecule has 10 heteroatoms. The average Bonchev–Trinajstić information content (AvgIpc) is 2.70. The van der Waals surface area contributed by atoms with Crippen LogP contribution < -0.4 is 15.8 Å². The molecule has 5 N–H and O–H groups in total. The maximum absolute atomic E-state index is 11.7. The molecular weight excluding hydrogens is 370 g/mol. The number of carbonyl (C=O) groups excluding carboxylic acids is 1. The number of nitrogens with one attached hydrogen (secondary N) is 1. The first-order valence-electron chi connectivity index (χ1n) is 8.26. The average molecular weight is 391 g/mol. The predicted molar refractivity (Wildman–Crippen MR) is 99.7 cm³/mol. The smallest absolute Gasteiger partial charge is 0.407 e. The van der Waals surface area contributed by atoms with Gasteiger partial charge in [-0.05, 0) is 11.6 Å². The van der Waals surface area contributed by atoms with Gasteiger partial charge in [-0.25, -0.2) is 4.79 Å². The zero-order valence-corrected chi connectivity index (χ0v) is 15.1. The Hall–Kier alpha value is -3.37. The van der Waals surface area contributed by atoms with Crippen molar-refractivity contribution in [2.24, 2.45) is 0 Å². The maximum atomic E-state index is 11.7. The number of aliphatic hydroxyl groups excluding tert-OH is 2. The van der Waals surface area contributed by atoms with Gasteiger partial charge in [0.15, 0.2) is 0 Å². The van der Waals surface area contributed by atoms with E-state index in [9.17, 15) is 25.1 Å². The fraction of sp³-hybridized carbons (Fsp3) is 0.278. The van der Waals surface area contributed by atoms with Crippen LogP contribution in [0.2, 0.25) is 0 Å². The van der Waals surface area contributed by atoms with Crippen molar-refractivity contribution < 1.29 is 29.4 Å². The lowest BCUT2D eigenvalue weighted by Crippen LogP contribution is -2.36. The summed E-state index contributed by atoms with van der Waals surface area (Å²) in [6, 6.07) is 11.4. The van der Waals surface area contributed by atoms with Gasteiger partial charge in [0.05, 0.1) is 18.1 Å². The largest absolute Gasteiger partial charge is 0.496 e. The highest BCUT2D eigenvalue weighted by Gasteiger charge is 2.27. The Labute approximate surface area is 160 Å². The zero-order chi connectivity index (χ0) is 20.7. The SMILES string of the molecule is COc1cc(C(O)C(O)CNC(=O)OCc2ccccc2)c(N)c([N+](=O)[O-])c1. The molecule has 150 valence electrons. The fourth-order valence-corrected chi connectivity index (χ4v) is 2.43. The first-order chi connectivity index (χ1) is 13.3. The van der Waals surface area contributed by atoms with Crippen LogP contribution in [0, 0.1) is 10.1 Å². The number of methoxy groups -OCH3 is 1. The topological polar surface area (TPSA) is 157 Å². The number of rotatable bonds is 8. The van der Waals surface area contributed by atoms with Gasteiger partial charge in [0.2, 0.25) is 0 Å². The highest BCUT2D eigenvalue weighted by atomic mass is 16.6. The second-order valence-corrected chi connectivity index (χ2v) is 5.86. The van der Waals surface area contributed by atoms with E-state index in [2.05, 4.69) is 5.32 Å². The molecule has 0 aliphatic heterocycles. The third kappa shape index (κ3) is 5.32. The number of nitrogens with two attached hydrogens (primary N) is 1. The molecule has 0 saturated carbocycles. The van der Waals surface area contributed by atoms with Crippen LogP contribution in [0.5, 0.6) is 5.75 Å². The molecule has 2 aromatic rings. The molecule has 0 aliphatic carbocycles. The number of hydrogen-bond donors (Lipinski definition) is 4. The zero-order valence-electron chi connectivity index (χ0n) is 15.1. The first-order valence-corrected chi connectivity index (χ1v) is 8.26. The first kappa shape index (κ1) is 20.9. The van der Waals surface area contributed by atoms with E-state index >= 15 is 0 Å². The predicted octanol–water partition coefficient (Wildman–Crippen LogP) is 1.51. The Bertz CT molecular complexity index is 829. The molecule has 0 aromatic heterocycles. The number of nitro benzene ring substituents is 1. The molecule has 0 saturated heterocycles. The summed E-state index contributed by atoms with van der Waals surface area (Å²) in [5.41, 5.74) is 5.67. The third-order valence-corrected chi connectivity index (χ3v) is 3.95. The third-order valence-electron chi connectivity index (χ3n) is 3.95. The molecule has 28 heavy (non-hydrogen) atoms. The summed E-state index contributed by atoms with van der Waals surface area (Å²) in [6.07, 6.45) is -3.87. The van der Waals surface area contributed by atoms with Crippen LogP contribution in [0.25, 0.3) is 0 Å². The number of hydrogen-bond acceptors (Lipinski definition) is 8. The van der Waals surface area contributed by atoms with E-state index in [1.807, 2.05) is 6.07 Å². The van der Waals surface area contributed by atoms with Gasteiger partial charge in [0.1, 0.15) is 30.3 Å². The Kier molecular flexibility index (Phi) is 7.13. The molecule has 0 heterocycles. The second kappa shape index (κ2) is 9.53. The summed E-state index contributed by atoms with van der Waals surface area (Å²) in [7, 11) is 1.30. The van der Waals surface area contributed by atoms with Gasteiger partial charge in [-0.15, -0.1) is 0 Å². The number of aliphatic hydroxyl groups is 2. The number of anilines is 1. The van der Waals surface area contributed by atoms with Gasteiger partial charge in [0.25, 0.3) is 5.69 Å². The molecule has 2 rings (SSSR count). The minimum Gasteiger partial charge on any atom is -0.496 e. The van der Waals surface area contributed by atoms with Crippen molar-refractivity contribution in [2.45, 2.75) is 18.8 Å². The molecule has 0 radical (unpaired) electrons. The van der Waals surface area contributed by atoms with Gasteiger partial charge in [-0.2, -0.15) is 0 Å². The van der Waals surface area contributed by atoms with Crippen molar-refractivity contribution >= 4 is 17.5 Å². The van der Waals surface area contributed by atoms with Crippen LogP contribution in [0.15, 0.2) is 42.5 Å². The van der Waals surface area contributed by atoms with Gasteiger partial charge in [-0.3, -0.25) is 10.1 Å². The Balaban J connectivity index is 1.98. The summed E-state index contributed by atoms with van der Waals surface area (Å²) >= 11 is 0. The molecule has 1 amide bonds. The van der Waals surface area contributed by atoms with Gasteiger partial charge >= 0.3 is 6.09 Å². The van der Waals surface area contributed by atoms with E-state index in [-0.39, 0.29) is 30.2 Å². The number of carbonyl (C=O) groups is 1. The number of nitrogens with zero attached hydrogens (tertiary/aromatic N) is 1. The number of amides is 1. The minimum absolute atomic E-state index is 0.0420. The summed E-state index contributed by atoms with van der Waals surface area (Å²) in [4.78, 5) is 22.1. The molecule has 0 fully saturated rings. The number of ether oxygens (including phenoxy) is 2. The lowest BCUT2D eigenvalue weighted by molar-refractivity contribution is -0.384. The highest BCUT2D eigenvalue weighted by Crippen LogP contribution is 2.35. The fourth-order valence-electron chi connectivity index (χ4n) is 2.43. The lowest BCUT2D eigenvalue weighted by Gasteiger charge is -2.20. The van der Waals surface area contributed by atoms with Crippen molar-refractivity contribution in [1.29, 1.82) is 0 Å². The number of nitro groups is 1. The van der Waals surface area contributed by atoms with Crippen LogP contribution in [0.4, 0.5) is 16.2 Å². The van der Waals surface area contributed by atoms with Crippen molar-refractivity contribution in [2.75, 3.05) is 19.4 Å². The van der Waals surface area contributed by atoms with E-state index in [0.717, 1.165) is 11.6 Å². The summed E-state index contributed by atoms with van der Waals surface area (Å²) < 4.78 is 9.96. The van der Waals surface area contributed by atoms with Gasteiger partial charge < -0.3 is 30.7 Å². The van der Waals surface area contributed by atoms with E-state index in [0.29, 0.717) is 0 Å². The van der Waals surface area contributed by atoms with Gasteiger partial charge in [-0.1, -0.05) is 30.3 Å². The van der Waals surface area contributed by atoms with E-state index in [4.69, 9.17) is 15.2 Å². The molecule has 2 atom stereocenters. The Morgan fingerprint density at radius 3 is 2.57 bits per heavy atom. The maximum Gasteiger partial charge on any atom is 0.407 e. The molecule has 2 aromatic carbocycles. The highest BCUT2D eigenvalue weighted by molar-refractivity contribution is 5.68. The van der Waals surface area contributed by atoms with E-state index in [1.165, 1.54) is 13.2 Å². The van der Waals surface area contributed by atoms with E-state index in [1.54, 1.807) is 24.3 Å². The van der Waals surface area contributed by atoms with Crippen molar-refractivity contribution in [1.82, 2.24) is 5.32 Å². The molecule has 0 bridgehead atoms. The van der Waals surface area contributed by atoms with Crippen molar-refractivity contribution in [3.05, 3.63) is 63.7 Å². The van der Waals surface area contributed by atoms with Crippen LogP contribution in [0.3, 0.4) is 0 Å². The van der Waals surface area contributed by atoms with Crippen LogP contribution >= 0.6 is 0 Å². The molecule has 0 spiro atoms. The number of alkyl carbamates (subject to hydrolysis) is 1. The Morgan fingerprint density at radius 2 is 1.96 bits per heavy atom. The molecule has 10 nitrogen and oxygen atoms in total. The quantitative estimate of drug-likeness (QED) is 0.299. The van der Waals surface area contributed by atoms with Crippen LogP contribution in [-0.4, -0.2) is 41.0 Å². The normalized spacial score (nSPS) is 12.7. The number of nitrogen functional groups attached to an aromatic ring is 1. The van der Waals surface area contributed by atoms with Crippen LogP contribution in [0.1, 0.15) is 17.2 Å². The standard InChI is InChI=1S/C18H21N3O7/c1-27-12-7-13(16(19)14(8-12)21(25)26)17(23)15(22)9-20-18(24)28-10-11-5-3-2-4-6-11/h2-8,15,17,22-23H,9-10,19H2,1H3,(H,20,24). The van der Waals surface area contributed by atoms with Crippen molar-refractivity contribution in [3.8, 4) is 5.75 Å². The monoisotopic (exact) mass is 391 g/mol. The summed E-state index contributed by atoms with van der Waals surface area (Å²) in [6.45, 7) is -0.320. The minimum atomic E-state index is -1.59. The van der Waals surface area contributed by atoms with E-state index < -0.39 is 28.9 Å². The second-order valence-electron chi connectivity index (χ2n) is 5.86. The molecule has 0 aliphatic rings. The van der Waals surface area contributed by atoms with Crippen molar-refractivity contribution in [3.63, 3.8) is 0 Å². The van der Waals surface area contributed by atoms with Gasteiger partial charge in [0, 0.05) is 12.1 Å². The summed E-state index contributed by atoms with van der Waals surface area (Å²) in [5.74, 6) is 0.0948. The summed E-state index contributed by atoms with van der Waals surface area (Å²) in [5, 5.41) is 33.9. The molecular formula is C18H21N3O7. The molecule has 2 unspecified atom stereocenters. The Morgan fingerprint density at radius 1 is 1.29 bits per heavy atom. The lowest BCUT2D eigenvalue weighted by atomic mass is 10.0. The van der Waals surface area contributed by atoms with Crippen LogP contribution in [-0.2, 0) is 11.3 Å².